The van der Waals surface area contributed by atoms with E-state index in [9.17, 15) is 20.2 Å². The zero-order valence-corrected chi connectivity index (χ0v) is 24.5. The predicted molar refractivity (Wildman–Crippen MR) is 171 cm³/mol. The van der Waals surface area contributed by atoms with Crippen molar-refractivity contribution in [2.24, 2.45) is 0 Å². The number of benzene rings is 5. The Hall–Kier alpha value is -5.36. The molecule has 0 heterocycles. The van der Waals surface area contributed by atoms with E-state index in [0.717, 1.165) is 16.3 Å². The Kier molecular flexibility index (Phi) is 9.40. The van der Waals surface area contributed by atoms with Crippen molar-refractivity contribution in [2.45, 2.75) is 13.2 Å². The van der Waals surface area contributed by atoms with Crippen LogP contribution < -0.4 is 14.8 Å². The third-order valence-electron chi connectivity index (χ3n) is 6.62. The number of non-ortho nitro benzene ring substituents is 1. The van der Waals surface area contributed by atoms with E-state index in [1.807, 2.05) is 36.4 Å². The highest BCUT2D eigenvalue weighted by atomic mass is 35.5. The second kappa shape index (κ2) is 13.7. The van der Waals surface area contributed by atoms with Crippen molar-refractivity contribution in [2.75, 3.05) is 5.32 Å². The van der Waals surface area contributed by atoms with Crippen molar-refractivity contribution in [3.05, 3.63) is 146 Å². The lowest BCUT2D eigenvalue weighted by molar-refractivity contribution is -0.384. The van der Waals surface area contributed by atoms with Crippen molar-refractivity contribution >= 4 is 57.3 Å². The molecule has 0 aliphatic heterocycles. The van der Waals surface area contributed by atoms with E-state index in [4.69, 9.17) is 32.7 Å². The number of nitro benzene ring substituents is 1. The van der Waals surface area contributed by atoms with Gasteiger partial charge in [-0.1, -0.05) is 71.7 Å². The summed E-state index contributed by atoms with van der Waals surface area (Å²) in [6.45, 7) is 0.285. The van der Waals surface area contributed by atoms with Gasteiger partial charge in [-0.25, -0.2) is 0 Å². The maximum absolute atomic E-state index is 13.2. The summed E-state index contributed by atoms with van der Waals surface area (Å²) in [4.78, 5) is 23.9. The molecule has 0 aromatic heterocycles. The average molecular weight is 624 g/mol. The van der Waals surface area contributed by atoms with Gasteiger partial charge < -0.3 is 14.8 Å². The molecule has 0 fully saturated rings. The van der Waals surface area contributed by atoms with Crippen molar-refractivity contribution in [1.29, 1.82) is 5.26 Å². The van der Waals surface area contributed by atoms with Crippen LogP contribution in [-0.4, -0.2) is 10.8 Å². The molecule has 0 aliphatic rings. The quantitative estimate of drug-likeness (QED) is 0.0719. The predicted octanol–water partition coefficient (Wildman–Crippen LogP) is 8.76. The van der Waals surface area contributed by atoms with Crippen LogP contribution in [0.2, 0.25) is 10.0 Å². The van der Waals surface area contributed by atoms with E-state index in [1.165, 1.54) is 18.2 Å². The number of halogens is 2. The Morgan fingerprint density at radius 1 is 0.909 bits per heavy atom. The highest BCUT2D eigenvalue weighted by molar-refractivity contribution is 6.35. The summed E-state index contributed by atoms with van der Waals surface area (Å²) in [5, 5.41) is 26.5. The molecule has 0 spiro atoms. The largest absolute Gasteiger partial charge is 0.489 e. The van der Waals surface area contributed by atoms with E-state index in [0.29, 0.717) is 38.4 Å². The molecule has 0 aliphatic carbocycles. The molecule has 218 valence electrons. The summed E-state index contributed by atoms with van der Waals surface area (Å²) < 4.78 is 11.9. The second-order valence-electron chi connectivity index (χ2n) is 9.59. The van der Waals surface area contributed by atoms with Crippen LogP contribution in [0.1, 0.15) is 16.7 Å². The zero-order valence-electron chi connectivity index (χ0n) is 23.0. The number of nitriles is 1. The highest BCUT2D eigenvalue weighted by Crippen LogP contribution is 2.32. The monoisotopic (exact) mass is 623 g/mol. The summed E-state index contributed by atoms with van der Waals surface area (Å²) in [7, 11) is 0. The Morgan fingerprint density at radius 3 is 2.45 bits per heavy atom. The van der Waals surface area contributed by atoms with Gasteiger partial charge in [0.05, 0.1) is 4.92 Å². The molecule has 1 amide bonds. The first-order valence-corrected chi connectivity index (χ1v) is 14.0. The van der Waals surface area contributed by atoms with Crippen LogP contribution in [-0.2, 0) is 18.0 Å². The number of carbonyl (C=O) groups excluding carboxylic acids is 1. The molecule has 0 unspecified atom stereocenters. The third kappa shape index (κ3) is 7.34. The van der Waals surface area contributed by atoms with Crippen molar-refractivity contribution in [3.63, 3.8) is 0 Å². The van der Waals surface area contributed by atoms with Gasteiger partial charge in [0.2, 0.25) is 0 Å². The number of hydrogen-bond acceptors (Lipinski definition) is 6. The van der Waals surface area contributed by atoms with Gasteiger partial charge >= 0.3 is 0 Å². The molecule has 44 heavy (non-hydrogen) atoms. The number of nitro groups is 1. The molecule has 8 nitrogen and oxygen atoms in total. The third-order valence-corrected chi connectivity index (χ3v) is 7.21. The molecule has 0 bridgehead atoms. The van der Waals surface area contributed by atoms with Crippen LogP contribution in [0.5, 0.6) is 11.5 Å². The summed E-state index contributed by atoms with van der Waals surface area (Å²) >= 11 is 12.2. The first kappa shape index (κ1) is 30.1. The van der Waals surface area contributed by atoms with Gasteiger partial charge in [0.25, 0.3) is 11.6 Å². The van der Waals surface area contributed by atoms with Gasteiger partial charge in [-0.15, -0.1) is 0 Å². The second-order valence-corrected chi connectivity index (χ2v) is 10.4. The lowest BCUT2D eigenvalue weighted by atomic mass is 10.0. The molecule has 5 aromatic rings. The molecular weight excluding hydrogens is 601 g/mol. The van der Waals surface area contributed by atoms with E-state index >= 15 is 0 Å². The highest BCUT2D eigenvalue weighted by Gasteiger charge is 2.15. The fourth-order valence-electron chi connectivity index (χ4n) is 4.40. The number of nitrogens with one attached hydrogen (secondary N) is 1. The van der Waals surface area contributed by atoms with Crippen molar-refractivity contribution in [1.82, 2.24) is 0 Å². The Morgan fingerprint density at radius 2 is 1.70 bits per heavy atom. The minimum atomic E-state index is -0.605. The van der Waals surface area contributed by atoms with E-state index in [1.54, 1.807) is 60.7 Å². The van der Waals surface area contributed by atoms with Gasteiger partial charge in [-0.2, -0.15) is 5.26 Å². The van der Waals surface area contributed by atoms with Crippen molar-refractivity contribution in [3.8, 4) is 17.6 Å². The Labute approximate surface area is 262 Å². The lowest BCUT2D eigenvalue weighted by Crippen LogP contribution is -2.13. The van der Waals surface area contributed by atoms with Gasteiger partial charge in [0, 0.05) is 39.0 Å². The fourth-order valence-corrected chi connectivity index (χ4v) is 4.86. The van der Waals surface area contributed by atoms with Gasteiger partial charge in [-0.3, -0.25) is 14.9 Å². The topological polar surface area (TPSA) is 114 Å². The van der Waals surface area contributed by atoms with E-state index in [2.05, 4.69) is 5.32 Å². The van der Waals surface area contributed by atoms with Crippen LogP contribution in [0, 0.1) is 21.4 Å². The zero-order chi connectivity index (χ0) is 31.1. The molecule has 5 aromatic carbocycles. The number of hydrogen-bond donors (Lipinski definition) is 1. The molecule has 1 N–H and O–H groups in total. The molecule has 5 rings (SSSR count). The van der Waals surface area contributed by atoms with Crippen LogP contribution >= 0.6 is 23.2 Å². The van der Waals surface area contributed by atoms with Crippen LogP contribution in [0.3, 0.4) is 0 Å². The summed E-state index contributed by atoms with van der Waals surface area (Å²) in [6, 6.07) is 31.1. The number of ether oxygens (including phenoxy) is 2. The summed E-state index contributed by atoms with van der Waals surface area (Å²) in [5.41, 5.74) is 2.19. The number of anilines is 1. The summed E-state index contributed by atoms with van der Waals surface area (Å²) in [6.07, 6.45) is 1.48. The number of carbonyl (C=O) groups is 1. The molecule has 10 heteroatoms. The number of nitrogens with zero attached hydrogens (tertiary/aromatic N) is 2. The molecule has 0 saturated carbocycles. The standard InChI is InChI=1S/C34H23Cl2N3O5/c35-26-10-8-24(32(36)18-26)21-43-29-13-11-27(12-14-29)38-34(40)25(19-37)17-31-30-7-2-1-5-23(30)9-15-33(31)44-20-22-4-3-6-28(16-22)39(41)42/h1-18H,20-21H2,(H,38,40)/b25-17+. The minimum absolute atomic E-state index is 0.0429. The first-order valence-electron chi connectivity index (χ1n) is 13.3. The molecular formula is C34H23Cl2N3O5. The first-order chi connectivity index (χ1) is 21.3. The normalized spacial score (nSPS) is 11.1. The van der Waals surface area contributed by atoms with Crippen LogP contribution in [0.4, 0.5) is 11.4 Å². The van der Waals surface area contributed by atoms with Gasteiger partial charge in [-0.05, 0) is 64.9 Å². The van der Waals surface area contributed by atoms with Crippen LogP contribution in [0.25, 0.3) is 16.8 Å². The lowest BCUT2D eigenvalue weighted by Gasteiger charge is -2.13. The summed E-state index contributed by atoms with van der Waals surface area (Å²) in [5.74, 6) is 0.371. The smallest absolute Gasteiger partial charge is 0.269 e. The fraction of sp³-hybridized carbons (Fsp3) is 0.0588. The number of fused-ring (bicyclic) bond motifs is 1. The SMILES string of the molecule is N#C/C(=C\c1c(OCc2cccc([N+](=O)[O-])c2)ccc2ccccc12)C(=O)Nc1ccc(OCc2ccc(Cl)cc2Cl)cc1. The number of amides is 1. The maximum Gasteiger partial charge on any atom is 0.269 e. The number of rotatable bonds is 10. The Balaban J connectivity index is 1.34. The minimum Gasteiger partial charge on any atom is -0.489 e. The van der Waals surface area contributed by atoms with Crippen molar-refractivity contribution < 1.29 is 19.2 Å². The van der Waals surface area contributed by atoms with Gasteiger partial charge in [0.1, 0.15) is 36.4 Å². The molecule has 0 saturated heterocycles. The van der Waals surface area contributed by atoms with Gasteiger partial charge in [0.15, 0.2) is 0 Å². The Bertz CT molecular complexity index is 1930. The molecule has 0 atom stereocenters. The van der Waals surface area contributed by atoms with E-state index in [-0.39, 0.29) is 24.5 Å². The molecule has 0 radical (unpaired) electrons. The van der Waals surface area contributed by atoms with E-state index < -0.39 is 10.8 Å². The maximum atomic E-state index is 13.2. The average Bonchev–Trinajstić information content (AvgIpc) is 3.03. The van der Waals surface area contributed by atoms with Crippen LogP contribution in [0.15, 0.2) is 109 Å².